The zero-order chi connectivity index (χ0) is 15.4. The van der Waals surface area contributed by atoms with E-state index >= 15 is 0 Å². The summed E-state index contributed by atoms with van der Waals surface area (Å²) in [6.45, 7) is 3.61. The van der Waals surface area contributed by atoms with Gasteiger partial charge in [0.15, 0.2) is 0 Å². The number of hydrogen-bond acceptors (Lipinski definition) is 2. The highest BCUT2D eigenvalue weighted by molar-refractivity contribution is 6.33. The Hall–Kier alpha value is -0.770. The highest BCUT2D eigenvalue weighted by Crippen LogP contribution is 2.28. The maximum Gasteiger partial charge on any atom is 0.320 e. The van der Waals surface area contributed by atoms with Gasteiger partial charge in [-0.15, -0.1) is 0 Å². The van der Waals surface area contributed by atoms with Crippen molar-refractivity contribution >= 4 is 29.2 Å². The number of carboxylic acids is 1. The number of halogens is 2. The first-order chi connectivity index (χ1) is 10.0. The fourth-order valence-corrected chi connectivity index (χ4v) is 3.46. The minimum Gasteiger partial charge on any atom is -0.480 e. The summed E-state index contributed by atoms with van der Waals surface area (Å²) in [5.74, 6) is -0.169. The topological polar surface area (TPSA) is 40.5 Å². The molecule has 21 heavy (non-hydrogen) atoms. The highest BCUT2D eigenvalue weighted by Gasteiger charge is 2.28. The van der Waals surface area contributed by atoms with Gasteiger partial charge >= 0.3 is 5.97 Å². The van der Waals surface area contributed by atoms with Gasteiger partial charge in [-0.05, 0) is 68.5 Å². The van der Waals surface area contributed by atoms with E-state index in [1.54, 1.807) is 6.07 Å². The quantitative estimate of drug-likeness (QED) is 0.883. The predicted octanol–water partition coefficient (Wildman–Crippen LogP) is 4.11. The van der Waals surface area contributed by atoms with Crippen LogP contribution in [-0.2, 0) is 11.2 Å². The smallest absolute Gasteiger partial charge is 0.320 e. The Balaban J connectivity index is 1.92. The number of hydrogen-bond donors (Lipinski definition) is 1. The normalized spacial score (nSPS) is 18.6. The number of carboxylic acid groups (broad SMARTS) is 1. The molecule has 0 radical (unpaired) electrons. The third-order valence-corrected chi connectivity index (χ3v) is 4.88. The van der Waals surface area contributed by atoms with E-state index < -0.39 is 5.97 Å². The molecule has 1 N–H and O–H groups in total. The van der Waals surface area contributed by atoms with Crippen molar-refractivity contribution in [1.82, 2.24) is 4.90 Å². The summed E-state index contributed by atoms with van der Waals surface area (Å²) in [7, 11) is 0. The number of likely N-dealkylation sites (tertiary alicyclic amines) is 1. The Morgan fingerprint density at radius 3 is 2.62 bits per heavy atom. The van der Waals surface area contributed by atoms with Crippen molar-refractivity contribution in [3.8, 4) is 0 Å². The van der Waals surface area contributed by atoms with Gasteiger partial charge in [0, 0.05) is 10.0 Å². The third kappa shape index (κ3) is 4.35. The summed E-state index contributed by atoms with van der Waals surface area (Å²) in [6.07, 6.45) is 3.58. The molecule has 0 spiro atoms. The van der Waals surface area contributed by atoms with Gasteiger partial charge in [0.05, 0.1) is 0 Å². The molecular weight excluding hydrogens is 309 g/mol. The first-order valence-electron chi connectivity index (χ1n) is 7.42. The second-order valence-electron chi connectivity index (χ2n) is 5.68. The summed E-state index contributed by atoms with van der Waals surface area (Å²) in [5, 5.41) is 10.7. The Kier molecular flexibility index (Phi) is 5.91. The van der Waals surface area contributed by atoms with E-state index in [1.165, 1.54) is 0 Å². The van der Waals surface area contributed by atoms with E-state index in [-0.39, 0.29) is 6.04 Å². The number of carbonyl (C=O) groups is 1. The molecule has 1 atom stereocenters. The van der Waals surface area contributed by atoms with Crippen LogP contribution in [0, 0.1) is 5.92 Å². The zero-order valence-corrected chi connectivity index (χ0v) is 13.7. The molecule has 0 amide bonds. The molecule has 1 aromatic rings. The van der Waals surface area contributed by atoms with Gasteiger partial charge in [0.2, 0.25) is 0 Å². The molecule has 0 aliphatic carbocycles. The fraction of sp³-hybridized carbons (Fsp3) is 0.562. The number of aliphatic carboxylic acids is 1. The van der Waals surface area contributed by atoms with Crippen LogP contribution in [0.15, 0.2) is 18.2 Å². The molecule has 1 fully saturated rings. The molecule has 1 aromatic carbocycles. The zero-order valence-electron chi connectivity index (χ0n) is 12.2. The Morgan fingerprint density at radius 1 is 1.38 bits per heavy atom. The van der Waals surface area contributed by atoms with Crippen LogP contribution in [0.2, 0.25) is 10.0 Å². The van der Waals surface area contributed by atoms with Crippen LogP contribution in [0.4, 0.5) is 0 Å². The molecule has 2 rings (SSSR count). The molecule has 0 bridgehead atoms. The van der Waals surface area contributed by atoms with Crippen molar-refractivity contribution in [2.24, 2.45) is 5.92 Å². The molecule has 3 nitrogen and oxygen atoms in total. The summed E-state index contributed by atoms with van der Waals surface area (Å²) in [6, 6.07) is 5.23. The number of piperidine rings is 1. The average Bonchev–Trinajstić information content (AvgIpc) is 2.45. The molecule has 1 aliphatic rings. The molecule has 116 valence electrons. The van der Waals surface area contributed by atoms with E-state index in [4.69, 9.17) is 23.2 Å². The van der Waals surface area contributed by atoms with Crippen molar-refractivity contribution in [3.63, 3.8) is 0 Å². The van der Waals surface area contributed by atoms with E-state index in [9.17, 15) is 9.90 Å². The number of rotatable bonds is 5. The minimum atomic E-state index is -0.714. The Bertz CT molecular complexity index is 499. The maximum atomic E-state index is 11.2. The van der Waals surface area contributed by atoms with Crippen LogP contribution in [0.25, 0.3) is 0 Å². The van der Waals surface area contributed by atoms with E-state index in [0.29, 0.717) is 17.4 Å². The van der Waals surface area contributed by atoms with E-state index in [0.717, 1.165) is 42.9 Å². The lowest BCUT2D eigenvalue weighted by molar-refractivity contribution is -0.144. The Morgan fingerprint density at radius 2 is 2.05 bits per heavy atom. The second-order valence-corrected chi connectivity index (χ2v) is 6.53. The molecule has 1 saturated heterocycles. The molecule has 0 aromatic heterocycles. The standard InChI is InChI=1S/C16H21Cl2NO2/c1-2-15(16(20)21)19-7-5-11(6-8-19)9-12-10-13(17)3-4-14(12)18/h3-4,10-11,15H,2,5-9H2,1H3,(H,20,21). The first-order valence-corrected chi connectivity index (χ1v) is 8.17. The van der Waals surface area contributed by atoms with Crippen LogP contribution in [0.5, 0.6) is 0 Å². The van der Waals surface area contributed by atoms with Gasteiger partial charge in [-0.2, -0.15) is 0 Å². The average molecular weight is 330 g/mol. The minimum absolute atomic E-state index is 0.347. The van der Waals surface area contributed by atoms with Crippen LogP contribution in [-0.4, -0.2) is 35.1 Å². The third-order valence-electron chi connectivity index (χ3n) is 4.28. The molecule has 1 unspecified atom stereocenters. The lowest BCUT2D eigenvalue weighted by atomic mass is 9.89. The second kappa shape index (κ2) is 7.48. The van der Waals surface area contributed by atoms with Gasteiger partial charge in [0.25, 0.3) is 0 Å². The van der Waals surface area contributed by atoms with E-state index in [2.05, 4.69) is 4.90 Å². The summed E-state index contributed by atoms with van der Waals surface area (Å²) >= 11 is 12.2. The van der Waals surface area contributed by atoms with Crippen LogP contribution in [0.1, 0.15) is 31.7 Å². The van der Waals surface area contributed by atoms with Gasteiger partial charge in [-0.3, -0.25) is 9.69 Å². The van der Waals surface area contributed by atoms with Crippen molar-refractivity contribution < 1.29 is 9.90 Å². The fourth-order valence-electron chi connectivity index (χ4n) is 3.07. The summed E-state index contributed by atoms with van der Waals surface area (Å²) < 4.78 is 0. The van der Waals surface area contributed by atoms with Crippen molar-refractivity contribution in [1.29, 1.82) is 0 Å². The lowest BCUT2D eigenvalue weighted by Crippen LogP contribution is -2.45. The van der Waals surface area contributed by atoms with Crippen molar-refractivity contribution in [3.05, 3.63) is 33.8 Å². The van der Waals surface area contributed by atoms with E-state index in [1.807, 2.05) is 19.1 Å². The van der Waals surface area contributed by atoms with Gasteiger partial charge in [0.1, 0.15) is 6.04 Å². The van der Waals surface area contributed by atoms with Gasteiger partial charge in [-0.25, -0.2) is 0 Å². The summed E-state index contributed by atoms with van der Waals surface area (Å²) in [4.78, 5) is 13.3. The van der Waals surface area contributed by atoms with Crippen LogP contribution >= 0.6 is 23.2 Å². The molecule has 5 heteroatoms. The Labute approximate surface area is 135 Å². The number of benzene rings is 1. The monoisotopic (exact) mass is 329 g/mol. The predicted molar refractivity (Wildman–Crippen MR) is 86.2 cm³/mol. The van der Waals surface area contributed by atoms with Crippen LogP contribution in [0.3, 0.4) is 0 Å². The molecule has 1 heterocycles. The first kappa shape index (κ1) is 16.6. The van der Waals surface area contributed by atoms with Crippen LogP contribution < -0.4 is 0 Å². The lowest BCUT2D eigenvalue weighted by Gasteiger charge is -2.35. The maximum absolute atomic E-state index is 11.2. The summed E-state index contributed by atoms with van der Waals surface area (Å²) in [5.41, 5.74) is 1.09. The van der Waals surface area contributed by atoms with Gasteiger partial charge in [-0.1, -0.05) is 30.1 Å². The SMILES string of the molecule is CCC(C(=O)O)N1CCC(Cc2cc(Cl)ccc2Cl)CC1. The van der Waals surface area contributed by atoms with Crippen molar-refractivity contribution in [2.45, 2.75) is 38.6 Å². The number of nitrogens with zero attached hydrogens (tertiary/aromatic N) is 1. The molecule has 0 saturated carbocycles. The largest absolute Gasteiger partial charge is 0.480 e. The van der Waals surface area contributed by atoms with Gasteiger partial charge < -0.3 is 5.11 Å². The van der Waals surface area contributed by atoms with Crippen molar-refractivity contribution in [2.75, 3.05) is 13.1 Å². The molecule has 1 aliphatic heterocycles. The molecular formula is C16H21Cl2NO2. The highest BCUT2D eigenvalue weighted by atomic mass is 35.5.